The molecule has 0 bridgehead atoms. The lowest BCUT2D eigenvalue weighted by molar-refractivity contribution is 0.145. The van der Waals surface area contributed by atoms with E-state index in [9.17, 15) is 9.50 Å². The second-order valence-electron chi connectivity index (χ2n) is 7.33. The molecule has 158 valence electrons. The summed E-state index contributed by atoms with van der Waals surface area (Å²) in [5, 5.41) is 17.0. The lowest BCUT2D eigenvalue weighted by Gasteiger charge is -2.31. The number of aliphatic hydroxyl groups excluding tert-OH is 1. The Morgan fingerprint density at radius 2 is 2.14 bits per heavy atom. The third-order valence-corrected chi connectivity index (χ3v) is 5.11. The molecule has 8 nitrogen and oxygen atoms in total. The van der Waals surface area contributed by atoms with E-state index in [1.807, 2.05) is 43.0 Å². The fourth-order valence-electron chi connectivity index (χ4n) is 3.40. The molecule has 2 N–H and O–H groups in total. The van der Waals surface area contributed by atoms with Gasteiger partial charge in [-0.05, 0) is 37.5 Å². The Balaban J connectivity index is 1.67. The van der Waals surface area contributed by atoms with Gasteiger partial charge in [0.2, 0.25) is 0 Å². The molecule has 1 aliphatic rings. The van der Waals surface area contributed by atoms with Crippen LogP contribution in [0, 0.1) is 5.82 Å². The predicted octanol–water partition coefficient (Wildman–Crippen LogP) is 1.51. The van der Waals surface area contributed by atoms with E-state index in [1.165, 1.54) is 6.33 Å². The first kappa shape index (κ1) is 21.0. The zero-order chi connectivity index (χ0) is 20.8. The summed E-state index contributed by atoms with van der Waals surface area (Å²) in [6.07, 6.45) is 2.61. The van der Waals surface area contributed by atoms with E-state index in [4.69, 9.17) is 0 Å². The van der Waals surface area contributed by atoms with Gasteiger partial charge in [0.15, 0.2) is 5.96 Å². The number of halogens is 1. The summed E-state index contributed by atoms with van der Waals surface area (Å²) in [6.45, 7) is 5.03. The molecule has 1 fully saturated rings. The minimum Gasteiger partial charge on any atom is -0.393 e. The highest BCUT2D eigenvalue weighted by Gasteiger charge is 2.19. The SMILES string of the molecule is CCNC(=NCc1ccc(N2CCC(O)CC2)c(F)c1)N(C)Cc1ncnn1C. The molecule has 0 unspecified atom stereocenters. The number of hydrogen-bond acceptors (Lipinski definition) is 5. The molecule has 0 atom stereocenters. The summed E-state index contributed by atoms with van der Waals surface area (Å²) >= 11 is 0. The molecule has 3 rings (SSSR count). The van der Waals surface area contributed by atoms with Gasteiger partial charge >= 0.3 is 0 Å². The predicted molar refractivity (Wildman–Crippen MR) is 111 cm³/mol. The van der Waals surface area contributed by atoms with Crippen LogP contribution >= 0.6 is 0 Å². The number of nitrogens with one attached hydrogen (secondary N) is 1. The summed E-state index contributed by atoms with van der Waals surface area (Å²) in [4.78, 5) is 12.9. The number of piperidine rings is 1. The number of anilines is 1. The van der Waals surface area contributed by atoms with E-state index in [-0.39, 0.29) is 11.9 Å². The molecule has 0 aliphatic carbocycles. The van der Waals surface area contributed by atoms with Crippen molar-refractivity contribution < 1.29 is 9.50 Å². The minimum absolute atomic E-state index is 0.244. The third kappa shape index (κ3) is 5.44. The Labute approximate surface area is 171 Å². The summed E-state index contributed by atoms with van der Waals surface area (Å²) in [7, 11) is 3.79. The van der Waals surface area contributed by atoms with Crippen molar-refractivity contribution in [3.05, 3.63) is 41.7 Å². The van der Waals surface area contributed by atoms with Gasteiger partial charge in [-0.25, -0.2) is 14.4 Å². The summed E-state index contributed by atoms with van der Waals surface area (Å²) in [5.74, 6) is 1.32. The van der Waals surface area contributed by atoms with Gasteiger partial charge < -0.3 is 20.2 Å². The molecule has 0 amide bonds. The molecule has 29 heavy (non-hydrogen) atoms. The Kier molecular flexibility index (Phi) is 7.03. The highest BCUT2D eigenvalue weighted by atomic mass is 19.1. The number of aliphatic hydroxyl groups is 1. The molecular weight excluding hydrogens is 373 g/mol. The number of aliphatic imine (C=N–C) groups is 1. The van der Waals surface area contributed by atoms with Crippen LogP contribution in [0.4, 0.5) is 10.1 Å². The summed E-state index contributed by atoms with van der Waals surface area (Å²) in [6, 6.07) is 5.28. The average Bonchev–Trinajstić information content (AvgIpc) is 3.10. The molecular formula is C20H30FN7O. The molecule has 0 spiro atoms. The first-order chi connectivity index (χ1) is 14.0. The maximum absolute atomic E-state index is 14.7. The quantitative estimate of drug-likeness (QED) is 0.562. The topological polar surface area (TPSA) is 81.8 Å². The number of nitrogens with zero attached hydrogens (tertiary/aromatic N) is 6. The number of aryl methyl sites for hydroxylation is 1. The van der Waals surface area contributed by atoms with Crippen molar-refractivity contribution in [1.82, 2.24) is 25.0 Å². The second-order valence-corrected chi connectivity index (χ2v) is 7.33. The molecule has 1 saturated heterocycles. The first-order valence-corrected chi connectivity index (χ1v) is 10.0. The molecule has 2 heterocycles. The molecule has 0 saturated carbocycles. The summed E-state index contributed by atoms with van der Waals surface area (Å²) in [5.41, 5.74) is 1.40. The normalized spacial score (nSPS) is 15.6. The van der Waals surface area contributed by atoms with Crippen LogP contribution in [0.3, 0.4) is 0 Å². The monoisotopic (exact) mass is 403 g/mol. The van der Waals surface area contributed by atoms with Crippen LogP contribution in [-0.2, 0) is 20.1 Å². The molecule has 0 radical (unpaired) electrons. The molecule has 1 aliphatic heterocycles. The van der Waals surface area contributed by atoms with Crippen molar-refractivity contribution >= 4 is 11.6 Å². The van der Waals surface area contributed by atoms with Crippen molar-refractivity contribution in [1.29, 1.82) is 0 Å². The maximum atomic E-state index is 14.7. The number of guanidine groups is 1. The van der Waals surface area contributed by atoms with Crippen LogP contribution in [0.25, 0.3) is 0 Å². The van der Waals surface area contributed by atoms with Gasteiger partial charge in [0.25, 0.3) is 0 Å². The lowest BCUT2D eigenvalue weighted by Crippen LogP contribution is -2.39. The van der Waals surface area contributed by atoms with E-state index in [1.54, 1.807) is 10.7 Å². The average molecular weight is 404 g/mol. The molecule has 2 aromatic rings. The largest absolute Gasteiger partial charge is 0.393 e. The van der Waals surface area contributed by atoms with E-state index in [0.717, 1.165) is 23.9 Å². The zero-order valence-corrected chi connectivity index (χ0v) is 17.3. The van der Waals surface area contributed by atoms with Gasteiger partial charge in [0.05, 0.1) is 24.9 Å². The highest BCUT2D eigenvalue weighted by molar-refractivity contribution is 5.79. The van der Waals surface area contributed by atoms with Crippen LogP contribution in [0.2, 0.25) is 0 Å². The second kappa shape index (κ2) is 9.69. The number of benzene rings is 1. The van der Waals surface area contributed by atoms with Crippen molar-refractivity contribution in [2.24, 2.45) is 12.0 Å². The molecule has 9 heteroatoms. The fourth-order valence-corrected chi connectivity index (χ4v) is 3.40. The van der Waals surface area contributed by atoms with E-state index in [0.29, 0.717) is 44.7 Å². The number of aromatic nitrogens is 3. The van der Waals surface area contributed by atoms with Gasteiger partial charge in [-0.3, -0.25) is 4.68 Å². The fraction of sp³-hybridized carbons (Fsp3) is 0.550. The van der Waals surface area contributed by atoms with Crippen LogP contribution in [0.5, 0.6) is 0 Å². The summed E-state index contributed by atoms with van der Waals surface area (Å²) < 4.78 is 16.4. The molecule has 1 aromatic heterocycles. The van der Waals surface area contributed by atoms with Crippen molar-refractivity contribution in [3.63, 3.8) is 0 Å². The van der Waals surface area contributed by atoms with Crippen LogP contribution in [-0.4, -0.2) is 63.5 Å². The number of rotatable bonds is 6. The zero-order valence-electron chi connectivity index (χ0n) is 17.3. The van der Waals surface area contributed by atoms with Gasteiger partial charge in [-0.15, -0.1) is 0 Å². The van der Waals surface area contributed by atoms with Gasteiger partial charge in [-0.2, -0.15) is 5.10 Å². The smallest absolute Gasteiger partial charge is 0.194 e. The minimum atomic E-state index is -0.272. The Morgan fingerprint density at radius 3 is 2.76 bits per heavy atom. The Bertz CT molecular complexity index is 830. The van der Waals surface area contributed by atoms with Crippen molar-refractivity contribution in [2.75, 3.05) is 31.6 Å². The van der Waals surface area contributed by atoms with Crippen molar-refractivity contribution in [2.45, 2.75) is 39.0 Å². The Morgan fingerprint density at radius 1 is 1.38 bits per heavy atom. The maximum Gasteiger partial charge on any atom is 0.194 e. The highest BCUT2D eigenvalue weighted by Crippen LogP contribution is 2.24. The van der Waals surface area contributed by atoms with Gasteiger partial charge in [-0.1, -0.05) is 6.07 Å². The van der Waals surface area contributed by atoms with Crippen molar-refractivity contribution in [3.8, 4) is 0 Å². The third-order valence-electron chi connectivity index (χ3n) is 5.11. The molecule has 1 aromatic carbocycles. The van der Waals surface area contributed by atoms with E-state index >= 15 is 0 Å². The Hall–Kier alpha value is -2.68. The van der Waals surface area contributed by atoms with Crippen LogP contribution in [0.1, 0.15) is 31.2 Å². The van der Waals surface area contributed by atoms with E-state index in [2.05, 4.69) is 20.4 Å². The number of hydrogen-bond donors (Lipinski definition) is 2. The van der Waals surface area contributed by atoms with Gasteiger partial charge in [0.1, 0.15) is 18.0 Å². The first-order valence-electron chi connectivity index (χ1n) is 10.0. The van der Waals surface area contributed by atoms with Crippen LogP contribution < -0.4 is 10.2 Å². The van der Waals surface area contributed by atoms with Gasteiger partial charge in [0, 0.05) is 33.7 Å². The lowest BCUT2D eigenvalue weighted by atomic mass is 10.1. The van der Waals surface area contributed by atoms with Crippen LogP contribution in [0.15, 0.2) is 29.5 Å². The van der Waals surface area contributed by atoms with E-state index < -0.39 is 0 Å². The standard InChI is InChI=1S/C20H30FN7O/c1-4-22-20(26(2)13-19-24-14-25-27(19)3)23-12-15-5-6-18(17(21)11-15)28-9-7-16(29)8-10-28/h5-6,11,14,16,29H,4,7-10,12-13H2,1-3H3,(H,22,23).